The topological polar surface area (TPSA) is 52.6 Å². The number of ether oxygens (including phenoxy) is 2. The summed E-state index contributed by atoms with van der Waals surface area (Å²) in [7, 11) is 3.31. The first kappa shape index (κ1) is 30.0. The van der Waals surface area contributed by atoms with E-state index in [2.05, 4.69) is 36.4 Å². The maximum atomic E-state index is 11.9. The fraction of sp³-hybridized carbons (Fsp3) is 0.100. The highest BCUT2D eigenvalue weighted by Crippen LogP contribution is 2.30. The highest BCUT2D eigenvalue weighted by atomic mass is 16.5. The van der Waals surface area contributed by atoms with Gasteiger partial charge in [0.2, 0.25) is 0 Å². The molecule has 0 saturated carbocycles. The van der Waals surface area contributed by atoms with Crippen LogP contribution in [0, 0.1) is 0 Å². The number of hydrogen-bond acceptors (Lipinski definition) is 4. The normalized spacial score (nSPS) is 11.6. The van der Waals surface area contributed by atoms with Gasteiger partial charge in [-0.2, -0.15) is 0 Å². The molecule has 4 heteroatoms. The zero-order valence-corrected chi connectivity index (χ0v) is 25.3. The Morgan fingerprint density at radius 1 is 0.409 bits per heavy atom. The Hall–Kier alpha value is -5.48. The summed E-state index contributed by atoms with van der Waals surface area (Å²) in [6.07, 6.45) is 4.31. The number of benzene rings is 5. The van der Waals surface area contributed by atoms with Crippen LogP contribution in [-0.2, 0) is 0 Å². The SMILES string of the molecule is COc1ccc(/C(=C/c2ccc(/C=C(/c3ccc(OC)cc3)c3ccc(C(C)=O)cc3)cc2)c2ccc(C(C)=O)cc2)cc1. The Morgan fingerprint density at radius 3 is 0.909 bits per heavy atom. The minimum atomic E-state index is 0.0407. The number of Topliss-reactive ketones (excluding diaryl/α,β-unsaturated/α-hetero) is 2. The zero-order valence-electron chi connectivity index (χ0n) is 25.3. The summed E-state index contributed by atoms with van der Waals surface area (Å²) in [6, 6.07) is 39.8. The molecule has 0 fully saturated rings. The fourth-order valence-electron chi connectivity index (χ4n) is 5.00. The van der Waals surface area contributed by atoms with Crippen LogP contribution in [0.4, 0.5) is 0 Å². The zero-order chi connectivity index (χ0) is 31.1. The summed E-state index contributed by atoms with van der Waals surface area (Å²) < 4.78 is 10.7. The maximum absolute atomic E-state index is 11.9. The van der Waals surface area contributed by atoms with Gasteiger partial charge in [0.05, 0.1) is 14.2 Å². The van der Waals surface area contributed by atoms with Crippen molar-refractivity contribution in [1.82, 2.24) is 0 Å². The van der Waals surface area contributed by atoms with Gasteiger partial charge in [0, 0.05) is 11.1 Å². The Balaban J connectivity index is 1.53. The van der Waals surface area contributed by atoms with Gasteiger partial charge >= 0.3 is 0 Å². The predicted molar refractivity (Wildman–Crippen MR) is 179 cm³/mol. The van der Waals surface area contributed by atoms with Crippen LogP contribution in [0.1, 0.15) is 67.9 Å². The second-order valence-electron chi connectivity index (χ2n) is 10.5. The van der Waals surface area contributed by atoms with Gasteiger partial charge in [0.1, 0.15) is 11.5 Å². The van der Waals surface area contributed by atoms with Crippen molar-refractivity contribution in [2.45, 2.75) is 13.8 Å². The van der Waals surface area contributed by atoms with Gasteiger partial charge in [-0.25, -0.2) is 0 Å². The van der Waals surface area contributed by atoms with E-state index in [1.807, 2.05) is 97.1 Å². The third-order valence-corrected chi connectivity index (χ3v) is 7.57. The average molecular weight is 579 g/mol. The Labute approximate surface area is 258 Å². The van der Waals surface area contributed by atoms with Gasteiger partial charge in [-0.3, -0.25) is 9.59 Å². The molecule has 0 saturated heterocycles. The minimum Gasteiger partial charge on any atom is -0.497 e. The summed E-state index contributed by atoms with van der Waals surface area (Å²) in [6.45, 7) is 3.15. The number of hydrogen-bond donors (Lipinski definition) is 0. The molecule has 0 atom stereocenters. The second kappa shape index (κ2) is 13.7. The molecule has 0 aliphatic carbocycles. The van der Waals surface area contributed by atoms with E-state index in [0.717, 1.165) is 56.0 Å². The molecule has 0 heterocycles. The molecule has 0 amide bonds. The lowest BCUT2D eigenvalue weighted by atomic mass is 9.93. The van der Waals surface area contributed by atoms with E-state index in [4.69, 9.17) is 9.47 Å². The van der Waals surface area contributed by atoms with E-state index in [9.17, 15) is 9.59 Å². The third kappa shape index (κ3) is 7.11. The summed E-state index contributed by atoms with van der Waals surface area (Å²) in [4.78, 5) is 23.7. The van der Waals surface area contributed by atoms with Crippen molar-refractivity contribution in [1.29, 1.82) is 0 Å². The maximum Gasteiger partial charge on any atom is 0.159 e. The van der Waals surface area contributed by atoms with Gasteiger partial charge in [0.25, 0.3) is 0 Å². The van der Waals surface area contributed by atoms with E-state index < -0.39 is 0 Å². The van der Waals surface area contributed by atoms with Crippen LogP contribution < -0.4 is 9.47 Å². The summed E-state index contributed by atoms with van der Waals surface area (Å²) in [5, 5.41) is 0. The molecule has 0 bridgehead atoms. The molecule has 0 unspecified atom stereocenters. The van der Waals surface area contributed by atoms with Gasteiger partial charge in [-0.05, 0) is 94.8 Å². The lowest BCUT2D eigenvalue weighted by molar-refractivity contribution is 0.100. The predicted octanol–water partition coefficient (Wildman–Crippen LogP) is 9.29. The first-order valence-electron chi connectivity index (χ1n) is 14.4. The van der Waals surface area contributed by atoms with Crippen molar-refractivity contribution < 1.29 is 19.1 Å². The van der Waals surface area contributed by atoms with E-state index in [1.165, 1.54) is 0 Å². The molecule has 44 heavy (non-hydrogen) atoms. The molecule has 4 nitrogen and oxygen atoms in total. The highest BCUT2D eigenvalue weighted by Gasteiger charge is 2.10. The lowest BCUT2D eigenvalue weighted by Crippen LogP contribution is -1.94. The summed E-state index contributed by atoms with van der Waals surface area (Å²) >= 11 is 0. The van der Waals surface area contributed by atoms with Crippen molar-refractivity contribution in [3.8, 4) is 11.5 Å². The molecule has 5 aromatic carbocycles. The quantitative estimate of drug-likeness (QED) is 0.122. The molecule has 0 radical (unpaired) electrons. The van der Waals surface area contributed by atoms with Crippen LogP contribution >= 0.6 is 0 Å². The molecular weight excluding hydrogens is 544 g/mol. The number of methoxy groups -OCH3 is 2. The molecule has 0 aromatic heterocycles. The summed E-state index contributed by atoms with van der Waals surface area (Å²) in [5.74, 6) is 1.66. The molecule has 5 aromatic rings. The number of carbonyl (C=O) groups excluding carboxylic acids is 2. The largest absolute Gasteiger partial charge is 0.497 e. The third-order valence-electron chi connectivity index (χ3n) is 7.57. The van der Waals surface area contributed by atoms with Crippen LogP contribution in [0.3, 0.4) is 0 Å². The van der Waals surface area contributed by atoms with Crippen molar-refractivity contribution in [3.63, 3.8) is 0 Å². The van der Waals surface area contributed by atoms with Crippen LogP contribution in [-0.4, -0.2) is 25.8 Å². The Morgan fingerprint density at radius 2 is 0.659 bits per heavy atom. The number of carbonyl (C=O) groups is 2. The second-order valence-corrected chi connectivity index (χ2v) is 10.5. The standard InChI is InChI=1S/C40H34O4/c1-27(41)31-9-13-33(14-10-31)39(35-17-21-37(43-3)22-18-35)25-29-5-7-30(8-6-29)26-40(36-19-23-38(44-4)24-20-36)34-15-11-32(12-16-34)28(2)42/h5-26H,1-4H3/b39-25+,40-26+. The average Bonchev–Trinajstić information content (AvgIpc) is 3.07. The Kier molecular flexibility index (Phi) is 9.31. The van der Waals surface area contributed by atoms with Crippen molar-refractivity contribution >= 4 is 34.9 Å². The first-order valence-corrected chi connectivity index (χ1v) is 14.4. The highest BCUT2D eigenvalue weighted by molar-refractivity contribution is 5.97. The number of rotatable bonds is 10. The van der Waals surface area contributed by atoms with Crippen LogP contribution in [0.5, 0.6) is 11.5 Å². The van der Waals surface area contributed by atoms with Gasteiger partial charge in [-0.15, -0.1) is 0 Å². The molecule has 0 spiro atoms. The van der Waals surface area contributed by atoms with Crippen LogP contribution in [0.25, 0.3) is 23.3 Å². The summed E-state index contributed by atoms with van der Waals surface area (Å²) in [5.41, 5.74) is 9.64. The smallest absolute Gasteiger partial charge is 0.159 e. The van der Waals surface area contributed by atoms with E-state index in [-0.39, 0.29) is 11.6 Å². The lowest BCUT2D eigenvalue weighted by Gasteiger charge is -2.12. The molecule has 0 N–H and O–H groups in total. The van der Waals surface area contributed by atoms with E-state index >= 15 is 0 Å². The van der Waals surface area contributed by atoms with Gasteiger partial charge < -0.3 is 9.47 Å². The van der Waals surface area contributed by atoms with Crippen molar-refractivity contribution in [3.05, 3.63) is 166 Å². The number of ketones is 2. The Bertz CT molecular complexity index is 1670. The monoisotopic (exact) mass is 578 g/mol. The van der Waals surface area contributed by atoms with E-state index in [1.54, 1.807) is 28.1 Å². The molecular formula is C40H34O4. The van der Waals surface area contributed by atoms with E-state index in [0.29, 0.717) is 11.1 Å². The fourth-order valence-corrected chi connectivity index (χ4v) is 5.00. The van der Waals surface area contributed by atoms with Crippen LogP contribution in [0.15, 0.2) is 121 Å². The molecule has 0 aliphatic heterocycles. The van der Waals surface area contributed by atoms with Crippen molar-refractivity contribution in [2.24, 2.45) is 0 Å². The first-order chi connectivity index (χ1) is 21.3. The van der Waals surface area contributed by atoms with Crippen LogP contribution in [0.2, 0.25) is 0 Å². The van der Waals surface area contributed by atoms with Crippen molar-refractivity contribution in [2.75, 3.05) is 14.2 Å². The molecule has 0 aliphatic rings. The van der Waals surface area contributed by atoms with Gasteiger partial charge in [0.15, 0.2) is 11.6 Å². The molecule has 218 valence electrons. The van der Waals surface area contributed by atoms with Gasteiger partial charge in [-0.1, -0.05) is 97.1 Å². The molecule has 5 rings (SSSR count). The minimum absolute atomic E-state index is 0.0407.